The van der Waals surface area contributed by atoms with Crippen molar-refractivity contribution in [1.29, 1.82) is 0 Å². The highest BCUT2D eigenvalue weighted by atomic mass is 35.5. The lowest BCUT2D eigenvalue weighted by Crippen LogP contribution is -2.26. The third kappa shape index (κ3) is 4.13. The second-order valence-electron chi connectivity index (χ2n) is 3.54. The van der Waals surface area contributed by atoms with Crippen molar-refractivity contribution in [3.63, 3.8) is 0 Å². The molecule has 5 nitrogen and oxygen atoms in total. The molecule has 0 aliphatic carbocycles. The average Bonchev–Trinajstić information content (AvgIpc) is 2.35. The molecular weight excluding hydrogens is 278 g/mol. The first kappa shape index (κ1) is 15.2. The summed E-state index contributed by atoms with van der Waals surface area (Å²) < 4.78 is 36.4. The van der Waals surface area contributed by atoms with Crippen LogP contribution >= 0.6 is 11.6 Å². The number of sulfonamides is 1. The maximum atomic E-state index is 12.0. The van der Waals surface area contributed by atoms with E-state index in [0.29, 0.717) is 24.6 Å². The number of hydrogen-bond donors (Lipinski definition) is 1. The molecule has 0 radical (unpaired) electrons. The Balaban J connectivity index is 2.87. The van der Waals surface area contributed by atoms with E-state index in [9.17, 15) is 8.42 Å². The summed E-state index contributed by atoms with van der Waals surface area (Å²) in [5.74, 6) is 0.263. The maximum absolute atomic E-state index is 12.0. The molecule has 1 aromatic rings. The van der Waals surface area contributed by atoms with Gasteiger partial charge in [-0.2, -0.15) is 0 Å². The van der Waals surface area contributed by atoms with Gasteiger partial charge in [-0.3, -0.25) is 0 Å². The summed E-state index contributed by atoms with van der Waals surface area (Å²) in [6.07, 6.45) is 0.596. The lowest BCUT2D eigenvalue weighted by molar-refractivity contribution is 0.196. The second-order valence-corrected chi connectivity index (χ2v) is 5.71. The van der Waals surface area contributed by atoms with E-state index < -0.39 is 10.0 Å². The smallest absolute Gasteiger partial charge is 0.244 e. The zero-order chi connectivity index (χ0) is 13.6. The standard InChI is InChI=1S/C11H16ClNO4S/c1-16-7-3-6-13-18(14,15)11-8-9(12)4-5-10(11)17-2/h4-5,8,13H,3,6-7H2,1-2H3. The van der Waals surface area contributed by atoms with E-state index >= 15 is 0 Å². The van der Waals surface area contributed by atoms with Crippen LogP contribution < -0.4 is 9.46 Å². The van der Waals surface area contributed by atoms with Gasteiger partial charge in [0, 0.05) is 25.3 Å². The van der Waals surface area contributed by atoms with E-state index in [0.717, 1.165) is 0 Å². The molecule has 0 amide bonds. The van der Waals surface area contributed by atoms with Crippen LogP contribution in [0.3, 0.4) is 0 Å². The maximum Gasteiger partial charge on any atom is 0.244 e. The Bertz CT molecular complexity index is 490. The minimum Gasteiger partial charge on any atom is -0.495 e. The molecule has 7 heteroatoms. The number of methoxy groups -OCH3 is 2. The van der Waals surface area contributed by atoms with Gasteiger partial charge < -0.3 is 9.47 Å². The van der Waals surface area contributed by atoms with Crippen molar-refractivity contribution < 1.29 is 17.9 Å². The van der Waals surface area contributed by atoms with Crippen molar-refractivity contribution in [2.75, 3.05) is 27.4 Å². The van der Waals surface area contributed by atoms with Gasteiger partial charge in [0.05, 0.1) is 7.11 Å². The molecule has 0 aromatic heterocycles. The van der Waals surface area contributed by atoms with Crippen LogP contribution in [0.5, 0.6) is 5.75 Å². The quantitative estimate of drug-likeness (QED) is 0.777. The molecule has 1 rings (SSSR count). The highest BCUT2D eigenvalue weighted by Gasteiger charge is 2.19. The molecule has 0 aliphatic rings. The van der Waals surface area contributed by atoms with Crippen LogP contribution in [0, 0.1) is 0 Å². The third-order valence-electron chi connectivity index (χ3n) is 2.23. The fraction of sp³-hybridized carbons (Fsp3) is 0.455. The minimum absolute atomic E-state index is 0.0370. The lowest BCUT2D eigenvalue weighted by Gasteiger charge is -2.10. The fourth-order valence-electron chi connectivity index (χ4n) is 1.36. The largest absolute Gasteiger partial charge is 0.495 e. The predicted molar refractivity (Wildman–Crippen MR) is 69.7 cm³/mol. The first-order valence-corrected chi connectivity index (χ1v) is 7.19. The van der Waals surface area contributed by atoms with Crippen molar-refractivity contribution in [2.45, 2.75) is 11.3 Å². The minimum atomic E-state index is -3.62. The first-order valence-electron chi connectivity index (χ1n) is 5.33. The summed E-state index contributed by atoms with van der Waals surface area (Å²) in [6, 6.07) is 4.45. The molecule has 102 valence electrons. The molecule has 1 aromatic carbocycles. The topological polar surface area (TPSA) is 64.6 Å². The average molecular weight is 294 g/mol. The Hall–Kier alpha value is -0.820. The SMILES string of the molecule is COCCCNS(=O)(=O)c1cc(Cl)ccc1OC. The van der Waals surface area contributed by atoms with Crippen LogP contribution in [0.2, 0.25) is 5.02 Å². The Kier molecular flexibility index (Phi) is 5.87. The van der Waals surface area contributed by atoms with Gasteiger partial charge in [0.2, 0.25) is 10.0 Å². The van der Waals surface area contributed by atoms with Gasteiger partial charge in [-0.15, -0.1) is 0 Å². The number of ether oxygens (including phenoxy) is 2. The molecule has 0 spiro atoms. The van der Waals surface area contributed by atoms with Crippen LogP contribution in [0.15, 0.2) is 23.1 Å². The molecule has 0 unspecified atom stereocenters. The normalized spacial score (nSPS) is 11.5. The van der Waals surface area contributed by atoms with Crippen molar-refractivity contribution >= 4 is 21.6 Å². The van der Waals surface area contributed by atoms with Gasteiger partial charge in [0.1, 0.15) is 10.6 Å². The van der Waals surface area contributed by atoms with Crippen LogP contribution in [-0.2, 0) is 14.8 Å². The van der Waals surface area contributed by atoms with E-state index in [-0.39, 0.29) is 10.6 Å². The van der Waals surface area contributed by atoms with Crippen molar-refractivity contribution in [2.24, 2.45) is 0 Å². The van der Waals surface area contributed by atoms with Crippen LogP contribution in [-0.4, -0.2) is 35.8 Å². The van der Waals surface area contributed by atoms with Gasteiger partial charge in [0.15, 0.2) is 0 Å². The van der Waals surface area contributed by atoms with E-state index in [1.807, 2.05) is 0 Å². The summed E-state index contributed by atoms with van der Waals surface area (Å²) in [4.78, 5) is 0.0370. The van der Waals surface area contributed by atoms with Crippen molar-refractivity contribution in [3.8, 4) is 5.75 Å². The van der Waals surface area contributed by atoms with Gasteiger partial charge in [-0.05, 0) is 24.6 Å². The number of rotatable bonds is 7. The zero-order valence-electron chi connectivity index (χ0n) is 10.3. The molecule has 0 atom stereocenters. The Labute approximate surface area is 112 Å². The van der Waals surface area contributed by atoms with Crippen LogP contribution in [0.25, 0.3) is 0 Å². The zero-order valence-corrected chi connectivity index (χ0v) is 11.8. The third-order valence-corrected chi connectivity index (χ3v) is 3.95. The summed E-state index contributed by atoms with van der Waals surface area (Å²) in [5, 5.41) is 0.341. The van der Waals surface area contributed by atoms with E-state index in [1.54, 1.807) is 13.2 Å². The second kappa shape index (κ2) is 6.94. The molecule has 0 bridgehead atoms. The van der Waals surface area contributed by atoms with E-state index in [4.69, 9.17) is 21.1 Å². The summed E-state index contributed by atoms with van der Waals surface area (Å²) in [7, 11) is -0.647. The van der Waals surface area contributed by atoms with Gasteiger partial charge >= 0.3 is 0 Å². The number of hydrogen-bond acceptors (Lipinski definition) is 4. The number of benzene rings is 1. The van der Waals surface area contributed by atoms with Crippen LogP contribution in [0.1, 0.15) is 6.42 Å². The number of halogens is 1. The predicted octanol–water partition coefficient (Wildman–Crippen LogP) is 1.66. The van der Waals surface area contributed by atoms with Gasteiger partial charge in [-0.1, -0.05) is 11.6 Å². The first-order chi connectivity index (χ1) is 8.51. The summed E-state index contributed by atoms with van der Waals surface area (Å²) in [6.45, 7) is 0.793. The molecule has 0 aliphatic heterocycles. The van der Waals surface area contributed by atoms with Gasteiger partial charge in [-0.25, -0.2) is 13.1 Å². The van der Waals surface area contributed by atoms with Crippen molar-refractivity contribution in [3.05, 3.63) is 23.2 Å². The summed E-state index contributed by atoms with van der Waals surface area (Å²) in [5.41, 5.74) is 0. The molecule has 0 saturated heterocycles. The van der Waals surface area contributed by atoms with E-state index in [1.165, 1.54) is 19.2 Å². The highest BCUT2D eigenvalue weighted by molar-refractivity contribution is 7.89. The molecule has 1 N–H and O–H groups in total. The Morgan fingerprint density at radius 2 is 2.06 bits per heavy atom. The van der Waals surface area contributed by atoms with E-state index in [2.05, 4.69) is 4.72 Å². The monoisotopic (exact) mass is 293 g/mol. The van der Waals surface area contributed by atoms with Crippen molar-refractivity contribution in [1.82, 2.24) is 4.72 Å². The number of nitrogens with one attached hydrogen (secondary N) is 1. The molecule has 18 heavy (non-hydrogen) atoms. The van der Waals surface area contributed by atoms with Gasteiger partial charge in [0.25, 0.3) is 0 Å². The molecular formula is C11H16ClNO4S. The lowest BCUT2D eigenvalue weighted by atomic mass is 10.3. The Morgan fingerprint density at radius 1 is 1.33 bits per heavy atom. The highest BCUT2D eigenvalue weighted by Crippen LogP contribution is 2.26. The summed E-state index contributed by atoms with van der Waals surface area (Å²) >= 11 is 5.80. The molecule has 0 heterocycles. The van der Waals surface area contributed by atoms with Crippen LogP contribution in [0.4, 0.5) is 0 Å². The molecule has 0 fully saturated rings. The fourth-order valence-corrected chi connectivity index (χ4v) is 2.87. The molecule has 0 saturated carbocycles. The Morgan fingerprint density at radius 3 is 2.67 bits per heavy atom.